The van der Waals surface area contributed by atoms with Gasteiger partial charge in [0.15, 0.2) is 17.6 Å². The minimum atomic E-state index is -1.09. The third-order valence-corrected chi connectivity index (χ3v) is 5.28. The molecule has 2 heterocycles. The number of carboxylic acid groups (broad SMARTS) is 1. The van der Waals surface area contributed by atoms with Gasteiger partial charge in [-0.3, -0.25) is 24.5 Å². The summed E-state index contributed by atoms with van der Waals surface area (Å²) in [5, 5.41) is 14.3. The first kappa shape index (κ1) is 29.4. The van der Waals surface area contributed by atoms with Gasteiger partial charge in [-0.25, -0.2) is 20.2 Å². The van der Waals surface area contributed by atoms with E-state index < -0.39 is 24.1 Å². The largest absolute Gasteiger partial charge is 0.480 e. The van der Waals surface area contributed by atoms with Crippen LogP contribution in [0.1, 0.15) is 52.9 Å². The number of hydrogen-bond donors (Lipinski definition) is 5. The normalized spacial score (nSPS) is 13.9. The van der Waals surface area contributed by atoms with Crippen molar-refractivity contribution in [2.24, 2.45) is 16.5 Å². The number of hydrazine groups is 1. The molecule has 0 spiro atoms. The van der Waals surface area contributed by atoms with Gasteiger partial charge in [0.05, 0.1) is 12.6 Å². The number of esters is 1. The van der Waals surface area contributed by atoms with E-state index in [1.54, 1.807) is 6.92 Å². The first-order valence-electron chi connectivity index (χ1n) is 12.1. The van der Waals surface area contributed by atoms with Gasteiger partial charge < -0.3 is 31.4 Å². The highest BCUT2D eigenvalue weighted by molar-refractivity contribution is 5.99. The van der Waals surface area contributed by atoms with E-state index in [0.717, 1.165) is 19.3 Å². The van der Waals surface area contributed by atoms with Crippen molar-refractivity contribution in [3.05, 3.63) is 6.33 Å². The summed E-state index contributed by atoms with van der Waals surface area (Å²) in [7, 11) is 0. The molecule has 206 valence electrons. The Labute approximate surface area is 215 Å². The average Bonchev–Trinajstić information content (AvgIpc) is 3.21. The zero-order valence-electron chi connectivity index (χ0n) is 21.5. The molecule has 2 rings (SSSR count). The molecule has 1 amide bonds. The number of anilines is 3. The van der Waals surface area contributed by atoms with Crippen LogP contribution in [0.2, 0.25) is 0 Å². The van der Waals surface area contributed by atoms with Crippen molar-refractivity contribution in [3.8, 4) is 0 Å². The number of guanidine groups is 1. The van der Waals surface area contributed by atoms with Gasteiger partial charge in [0, 0.05) is 13.5 Å². The smallest absolute Gasteiger partial charge is 0.416 e. The molecule has 15 nitrogen and oxygen atoms in total. The second-order valence-electron chi connectivity index (χ2n) is 8.53. The van der Waals surface area contributed by atoms with Gasteiger partial charge >= 0.3 is 18.0 Å². The summed E-state index contributed by atoms with van der Waals surface area (Å²) in [6.07, 6.45) is 3.92. The SMILES string of the molecule is CCCCCOC(=O)N1CN(N[C@H](CCCN=C(N)N)C(=O)O)c2ncnc(NC(C)COC(C)=O)c21. The van der Waals surface area contributed by atoms with Crippen LogP contribution in [0.25, 0.3) is 0 Å². The monoisotopic (exact) mass is 523 g/mol. The molecule has 1 aliphatic heterocycles. The number of nitrogens with two attached hydrogens (primary N) is 2. The summed E-state index contributed by atoms with van der Waals surface area (Å²) in [4.78, 5) is 49.9. The highest BCUT2D eigenvalue weighted by atomic mass is 16.6. The van der Waals surface area contributed by atoms with Gasteiger partial charge in [0.1, 0.15) is 31.3 Å². The quantitative estimate of drug-likeness (QED) is 0.0931. The summed E-state index contributed by atoms with van der Waals surface area (Å²) in [6.45, 7) is 5.67. The lowest BCUT2D eigenvalue weighted by Gasteiger charge is -2.24. The van der Waals surface area contributed by atoms with Crippen LogP contribution in [0.4, 0.5) is 22.1 Å². The Bertz CT molecular complexity index is 957. The number of aliphatic imine (C=N–C) groups is 1. The van der Waals surface area contributed by atoms with Crippen LogP contribution in [-0.2, 0) is 19.1 Å². The number of carboxylic acids is 1. The Kier molecular flexibility index (Phi) is 11.6. The van der Waals surface area contributed by atoms with E-state index in [1.165, 1.54) is 23.2 Å². The number of ether oxygens (including phenoxy) is 2. The molecule has 0 saturated carbocycles. The lowest BCUT2D eigenvalue weighted by Crippen LogP contribution is -2.50. The molecule has 0 aromatic carbocycles. The van der Waals surface area contributed by atoms with Crippen LogP contribution in [0.15, 0.2) is 11.3 Å². The Morgan fingerprint density at radius 2 is 1.97 bits per heavy atom. The van der Waals surface area contributed by atoms with Crippen molar-refractivity contribution >= 4 is 41.3 Å². The Morgan fingerprint density at radius 3 is 2.62 bits per heavy atom. The van der Waals surface area contributed by atoms with Gasteiger partial charge in [-0.2, -0.15) is 0 Å². The third-order valence-electron chi connectivity index (χ3n) is 5.28. The molecule has 0 bridgehead atoms. The number of aliphatic carboxylic acids is 1. The van der Waals surface area contributed by atoms with E-state index in [1.807, 2.05) is 6.92 Å². The van der Waals surface area contributed by atoms with Crippen LogP contribution in [-0.4, -0.2) is 77.6 Å². The number of carbonyl (C=O) groups is 3. The zero-order valence-corrected chi connectivity index (χ0v) is 21.5. The van der Waals surface area contributed by atoms with Crippen molar-refractivity contribution in [2.75, 3.05) is 41.7 Å². The van der Waals surface area contributed by atoms with Crippen molar-refractivity contribution in [1.29, 1.82) is 0 Å². The number of nitrogens with zero attached hydrogens (tertiary/aromatic N) is 5. The molecule has 0 fully saturated rings. The molecule has 0 radical (unpaired) electrons. The highest BCUT2D eigenvalue weighted by Gasteiger charge is 2.37. The minimum Gasteiger partial charge on any atom is -0.480 e. The molecule has 1 unspecified atom stereocenters. The number of rotatable bonds is 15. The van der Waals surface area contributed by atoms with Crippen LogP contribution in [0.3, 0.4) is 0 Å². The zero-order chi connectivity index (χ0) is 27.4. The highest BCUT2D eigenvalue weighted by Crippen LogP contribution is 2.39. The number of nitrogens with one attached hydrogen (secondary N) is 2. The molecule has 0 saturated heterocycles. The molecular formula is C22H37N9O6. The van der Waals surface area contributed by atoms with Crippen molar-refractivity contribution in [3.63, 3.8) is 0 Å². The predicted molar refractivity (Wildman–Crippen MR) is 137 cm³/mol. The van der Waals surface area contributed by atoms with Crippen LogP contribution in [0, 0.1) is 0 Å². The minimum absolute atomic E-state index is 0.0642. The molecule has 1 aromatic heterocycles. The summed E-state index contributed by atoms with van der Waals surface area (Å²) in [5.41, 5.74) is 13.9. The molecule has 1 aliphatic rings. The molecule has 2 atom stereocenters. The summed E-state index contributed by atoms with van der Waals surface area (Å²) >= 11 is 0. The second kappa shape index (κ2) is 14.6. The Balaban J connectivity index is 2.26. The number of hydrogen-bond acceptors (Lipinski definition) is 11. The molecular weight excluding hydrogens is 486 g/mol. The summed E-state index contributed by atoms with van der Waals surface area (Å²) in [5.74, 6) is -0.985. The van der Waals surface area contributed by atoms with Gasteiger partial charge in [0.25, 0.3) is 0 Å². The number of amides is 1. The maximum absolute atomic E-state index is 13.0. The van der Waals surface area contributed by atoms with E-state index in [9.17, 15) is 19.5 Å². The standard InChI is InChI=1S/C22H37N9O6/c1-4-5-6-10-36-22(35)30-13-31(29-16(20(33)34)8-7-9-25-21(23)24)19-17(30)18(26-12-27-19)28-14(2)11-37-15(3)32/h12,14,16,29H,4-11,13H2,1-3H3,(H,33,34)(H4,23,24,25)(H,26,27,28)/t14?,16-/m1/s1. The van der Waals surface area contributed by atoms with Gasteiger partial charge in [0.2, 0.25) is 0 Å². The average molecular weight is 524 g/mol. The molecule has 37 heavy (non-hydrogen) atoms. The van der Waals surface area contributed by atoms with Crippen molar-refractivity contribution in [1.82, 2.24) is 15.4 Å². The van der Waals surface area contributed by atoms with Crippen molar-refractivity contribution < 1.29 is 29.0 Å². The van der Waals surface area contributed by atoms with E-state index in [0.29, 0.717) is 17.9 Å². The number of carbonyl (C=O) groups excluding carboxylic acids is 2. The van der Waals surface area contributed by atoms with Crippen LogP contribution < -0.4 is 32.1 Å². The lowest BCUT2D eigenvalue weighted by molar-refractivity contribution is -0.141. The van der Waals surface area contributed by atoms with Crippen LogP contribution >= 0.6 is 0 Å². The third kappa shape index (κ3) is 9.25. The first-order valence-corrected chi connectivity index (χ1v) is 12.1. The van der Waals surface area contributed by atoms with Crippen LogP contribution in [0.5, 0.6) is 0 Å². The summed E-state index contributed by atoms with van der Waals surface area (Å²) in [6, 6.07) is -1.34. The van der Waals surface area contributed by atoms with E-state index in [2.05, 4.69) is 25.7 Å². The topological polar surface area (TPSA) is 211 Å². The van der Waals surface area contributed by atoms with Gasteiger partial charge in [-0.05, 0) is 26.2 Å². The molecule has 1 aromatic rings. The fourth-order valence-electron chi connectivity index (χ4n) is 3.49. The number of aromatic nitrogens is 2. The van der Waals surface area contributed by atoms with Gasteiger partial charge in [-0.15, -0.1) is 0 Å². The summed E-state index contributed by atoms with van der Waals surface area (Å²) < 4.78 is 10.5. The molecule has 15 heteroatoms. The Hall–Kier alpha value is -3.88. The molecule has 0 aliphatic carbocycles. The number of fused-ring (bicyclic) bond motifs is 1. The second-order valence-corrected chi connectivity index (χ2v) is 8.53. The number of unbranched alkanes of at least 4 members (excludes halogenated alkanes) is 2. The van der Waals surface area contributed by atoms with Crippen molar-refractivity contribution in [2.45, 2.75) is 65.0 Å². The Morgan fingerprint density at radius 1 is 1.22 bits per heavy atom. The van der Waals surface area contributed by atoms with E-state index >= 15 is 0 Å². The maximum Gasteiger partial charge on any atom is 0.416 e. The van der Waals surface area contributed by atoms with Gasteiger partial charge in [-0.1, -0.05) is 19.8 Å². The van der Waals surface area contributed by atoms with E-state index in [-0.39, 0.29) is 50.7 Å². The maximum atomic E-state index is 13.0. The predicted octanol–water partition coefficient (Wildman–Crippen LogP) is 0.762. The van der Waals surface area contributed by atoms with E-state index in [4.69, 9.17) is 20.9 Å². The lowest BCUT2D eigenvalue weighted by atomic mass is 10.1. The fraction of sp³-hybridized carbons (Fsp3) is 0.636. The fourth-order valence-corrected chi connectivity index (χ4v) is 3.49. The molecule has 7 N–H and O–H groups in total. The first-order chi connectivity index (χ1) is 17.6.